The molecule has 3 N–H and O–H groups in total. The predicted molar refractivity (Wildman–Crippen MR) is 427 cm³/mol. The van der Waals surface area contributed by atoms with Crippen molar-refractivity contribution in [1.29, 1.82) is 0 Å². The maximum absolute atomic E-state index is 13.1. The zero-order valence-corrected chi connectivity index (χ0v) is 67.5. The van der Waals surface area contributed by atoms with Crippen molar-refractivity contribution < 1.29 is 80.2 Å². The van der Waals surface area contributed by atoms with Crippen LogP contribution in [0.5, 0.6) is 0 Å². The van der Waals surface area contributed by atoms with Gasteiger partial charge in [0.05, 0.1) is 26.4 Å². The molecule has 17 nitrogen and oxygen atoms in total. The minimum absolute atomic E-state index is 0.0814. The molecule has 0 spiro atoms. The highest BCUT2D eigenvalue weighted by Gasteiger charge is 2.30. The molecular formula is C85H148O17P2. The van der Waals surface area contributed by atoms with Crippen molar-refractivity contribution in [1.82, 2.24) is 0 Å². The minimum Gasteiger partial charge on any atom is -0.462 e. The van der Waals surface area contributed by atoms with Crippen molar-refractivity contribution in [3.63, 3.8) is 0 Å². The van der Waals surface area contributed by atoms with Gasteiger partial charge in [-0.05, 0) is 148 Å². The molecule has 600 valence electrons. The van der Waals surface area contributed by atoms with Gasteiger partial charge in [-0.15, -0.1) is 0 Å². The fourth-order valence-corrected chi connectivity index (χ4v) is 12.6. The molecule has 0 radical (unpaired) electrons. The molecule has 0 aromatic carbocycles. The Kier molecular flexibility index (Phi) is 73.7. The van der Waals surface area contributed by atoms with Crippen molar-refractivity contribution in [3.8, 4) is 0 Å². The van der Waals surface area contributed by atoms with Crippen LogP contribution in [0.4, 0.5) is 0 Å². The average Bonchev–Trinajstić information content (AvgIpc) is 0.911. The van der Waals surface area contributed by atoms with Gasteiger partial charge in [-0.3, -0.25) is 37.3 Å². The second-order valence-corrected chi connectivity index (χ2v) is 30.2. The third-order valence-electron chi connectivity index (χ3n) is 17.2. The van der Waals surface area contributed by atoms with Crippen LogP contribution in [-0.4, -0.2) is 96.7 Å². The van der Waals surface area contributed by atoms with E-state index in [9.17, 15) is 43.2 Å². The summed E-state index contributed by atoms with van der Waals surface area (Å²) >= 11 is 0. The summed E-state index contributed by atoms with van der Waals surface area (Å²) in [6.45, 7) is 4.63. The molecule has 0 rings (SSSR count). The molecule has 0 aliphatic heterocycles. The Bertz CT molecular complexity index is 2390. The highest BCUT2D eigenvalue weighted by Crippen LogP contribution is 2.45. The summed E-state index contributed by atoms with van der Waals surface area (Å²) in [4.78, 5) is 73.1. The third-order valence-corrected chi connectivity index (χ3v) is 19.1. The summed E-state index contributed by atoms with van der Waals surface area (Å²) in [5.41, 5.74) is 0. The standard InChI is InChI=1S/C85H148O17P2/c1-5-9-13-17-21-25-29-33-36-38-39-41-44-47-50-54-58-62-66-70-83(88)96-76-81(102-85(90)72-68-64-60-56-52-48-42-35-31-27-23-19-15-11-7-3)78-100-104(93,94)98-74-79(86)73-97-103(91,92)99-77-80(101-84(89)71-67-63-59-55-51-45-32-28-24-20-16-12-8-4)75-95-82(87)69-65-61-57-53-49-46-43-40-37-34-30-26-22-18-14-10-6-2/h9-10,13-14,21-22,25-26,28,32-37,39,41-42,79-81,86H,5-8,11-12,15-20,23-24,27,29-31,38,40,43-78H2,1-4H3,(H,91,92)(H,93,94)/b13-9-,14-10-,25-21-,26-22-,32-28-,36-33-,37-34-,41-39-,42-35-. The maximum Gasteiger partial charge on any atom is 0.472 e. The number of rotatable bonds is 77. The van der Waals surface area contributed by atoms with Gasteiger partial charge in [-0.25, -0.2) is 9.13 Å². The number of carbonyl (C=O) groups is 4. The number of ether oxygens (including phenoxy) is 4. The Morgan fingerprint density at radius 3 is 0.788 bits per heavy atom. The fraction of sp³-hybridized carbons (Fsp3) is 0.741. The van der Waals surface area contributed by atoms with Gasteiger partial charge in [-0.1, -0.05) is 285 Å². The number of phosphoric acid groups is 2. The molecule has 0 aromatic rings. The normalized spacial score (nSPS) is 14.4. The van der Waals surface area contributed by atoms with Crippen molar-refractivity contribution in [3.05, 3.63) is 109 Å². The number of hydrogen-bond acceptors (Lipinski definition) is 15. The van der Waals surface area contributed by atoms with Gasteiger partial charge in [-0.2, -0.15) is 0 Å². The lowest BCUT2D eigenvalue weighted by Crippen LogP contribution is -2.30. The van der Waals surface area contributed by atoms with Crippen molar-refractivity contribution >= 4 is 39.5 Å². The predicted octanol–water partition coefficient (Wildman–Crippen LogP) is 24.1. The Morgan fingerprint density at radius 2 is 0.500 bits per heavy atom. The first-order valence-electron chi connectivity index (χ1n) is 41.1. The van der Waals surface area contributed by atoms with E-state index in [2.05, 4.69) is 137 Å². The third kappa shape index (κ3) is 75.9. The number of aliphatic hydroxyl groups excluding tert-OH is 1. The van der Waals surface area contributed by atoms with E-state index in [1.165, 1.54) is 64.2 Å². The first kappa shape index (κ1) is 99.7. The number of carbonyl (C=O) groups excluding carboxylic acids is 4. The van der Waals surface area contributed by atoms with E-state index >= 15 is 0 Å². The number of hydrogen-bond donors (Lipinski definition) is 3. The van der Waals surface area contributed by atoms with Gasteiger partial charge >= 0.3 is 39.5 Å². The van der Waals surface area contributed by atoms with E-state index in [0.29, 0.717) is 25.7 Å². The average molecular weight is 1500 g/mol. The van der Waals surface area contributed by atoms with Crippen LogP contribution in [0.15, 0.2) is 109 Å². The smallest absolute Gasteiger partial charge is 0.462 e. The van der Waals surface area contributed by atoms with E-state index in [-0.39, 0.29) is 25.7 Å². The zero-order chi connectivity index (χ0) is 76.0. The van der Waals surface area contributed by atoms with Crippen LogP contribution in [0.25, 0.3) is 0 Å². The Morgan fingerprint density at radius 1 is 0.279 bits per heavy atom. The van der Waals surface area contributed by atoms with Crippen LogP contribution in [0.1, 0.15) is 349 Å². The van der Waals surface area contributed by atoms with Gasteiger partial charge in [0.25, 0.3) is 0 Å². The number of aliphatic hydroxyl groups is 1. The van der Waals surface area contributed by atoms with Crippen LogP contribution in [0.3, 0.4) is 0 Å². The highest BCUT2D eigenvalue weighted by atomic mass is 31.2. The van der Waals surface area contributed by atoms with Crippen LogP contribution in [0.2, 0.25) is 0 Å². The number of esters is 4. The maximum atomic E-state index is 13.1. The minimum atomic E-state index is -4.98. The lowest BCUT2D eigenvalue weighted by atomic mass is 10.1. The molecule has 104 heavy (non-hydrogen) atoms. The number of allylic oxidation sites excluding steroid dienone is 18. The molecule has 0 fully saturated rings. The molecule has 0 bridgehead atoms. The Labute approximate surface area is 632 Å². The Balaban J connectivity index is 5.36. The van der Waals surface area contributed by atoms with Crippen LogP contribution >= 0.6 is 15.6 Å². The molecule has 0 aliphatic carbocycles. The topological polar surface area (TPSA) is 237 Å². The summed E-state index contributed by atoms with van der Waals surface area (Å²) in [6.07, 6.45) is 83.4. The second kappa shape index (κ2) is 76.9. The number of phosphoric ester groups is 2. The lowest BCUT2D eigenvalue weighted by molar-refractivity contribution is -0.161. The van der Waals surface area contributed by atoms with E-state index in [4.69, 9.17) is 37.0 Å². The molecule has 0 aliphatic rings. The van der Waals surface area contributed by atoms with Crippen LogP contribution < -0.4 is 0 Å². The van der Waals surface area contributed by atoms with Gasteiger partial charge in [0, 0.05) is 25.7 Å². The monoisotopic (exact) mass is 1500 g/mol. The van der Waals surface area contributed by atoms with Gasteiger partial charge in [0.15, 0.2) is 12.2 Å². The van der Waals surface area contributed by atoms with Gasteiger partial charge in [0.1, 0.15) is 19.3 Å². The second-order valence-electron chi connectivity index (χ2n) is 27.3. The first-order valence-corrected chi connectivity index (χ1v) is 44.1. The van der Waals surface area contributed by atoms with Crippen molar-refractivity contribution in [2.24, 2.45) is 0 Å². The molecule has 0 aromatic heterocycles. The van der Waals surface area contributed by atoms with Crippen molar-refractivity contribution in [2.45, 2.75) is 367 Å². The van der Waals surface area contributed by atoms with E-state index in [1.807, 2.05) is 0 Å². The summed E-state index contributed by atoms with van der Waals surface area (Å²) in [5.74, 6) is -2.20. The van der Waals surface area contributed by atoms with Gasteiger partial charge in [0.2, 0.25) is 0 Å². The highest BCUT2D eigenvalue weighted by molar-refractivity contribution is 7.47. The van der Waals surface area contributed by atoms with Crippen LogP contribution in [0, 0.1) is 0 Å². The van der Waals surface area contributed by atoms with Crippen LogP contribution in [-0.2, 0) is 65.4 Å². The zero-order valence-electron chi connectivity index (χ0n) is 65.7. The largest absolute Gasteiger partial charge is 0.472 e. The molecule has 5 atom stereocenters. The molecule has 5 unspecified atom stereocenters. The molecule has 0 saturated heterocycles. The fourth-order valence-electron chi connectivity index (χ4n) is 11.0. The summed E-state index contributed by atoms with van der Waals surface area (Å²) < 4.78 is 68.7. The van der Waals surface area contributed by atoms with Gasteiger partial charge < -0.3 is 33.8 Å². The molecule has 19 heteroatoms. The van der Waals surface area contributed by atoms with Crippen molar-refractivity contribution in [2.75, 3.05) is 39.6 Å². The Hall–Kier alpha value is -4.28. The number of unbranched alkanes of at least 4 members (excludes halogenated alkanes) is 33. The lowest BCUT2D eigenvalue weighted by Gasteiger charge is -2.21. The first-order chi connectivity index (χ1) is 50.7. The SMILES string of the molecule is CC/C=C\C/C=C\C/C=C\C/C=C\CCCCCCCCC(=O)OCC(COP(=O)(O)OCC(O)COP(=O)(O)OCC(COC(=O)CCCCCCCCC/C=C\C/C=C\C/C=C\CC)OC(=O)CCCCCCC/C=C\CCCCCC)OC(=O)CCCCCCC/C=C\CCCCCCCC. The van der Waals surface area contributed by atoms with E-state index < -0.39 is 97.5 Å². The summed E-state index contributed by atoms with van der Waals surface area (Å²) in [6, 6.07) is 0. The van der Waals surface area contributed by atoms with E-state index in [1.54, 1.807) is 0 Å². The molecule has 0 saturated carbocycles. The summed E-state index contributed by atoms with van der Waals surface area (Å²) in [5, 5.41) is 10.7. The molecule has 0 heterocycles. The molecule has 0 amide bonds. The van der Waals surface area contributed by atoms with E-state index in [0.717, 1.165) is 205 Å². The molecular weight excluding hydrogens is 1350 g/mol. The quantitative estimate of drug-likeness (QED) is 0.0169. The summed E-state index contributed by atoms with van der Waals surface area (Å²) in [7, 11) is -9.97.